The highest BCUT2D eigenvalue weighted by Gasteiger charge is 2.54. The second-order valence-electron chi connectivity index (χ2n) is 12.4. The molecule has 1 unspecified atom stereocenters. The molecular formula is C23H56O6Si5. The molecule has 204 valence electrons. The summed E-state index contributed by atoms with van der Waals surface area (Å²) in [5, 5.41) is 0. The summed E-state index contributed by atoms with van der Waals surface area (Å²) in [6.07, 6.45) is 9.09. The van der Waals surface area contributed by atoms with Gasteiger partial charge in [0.1, 0.15) is 0 Å². The van der Waals surface area contributed by atoms with Gasteiger partial charge in [-0.15, -0.1) is 0 Å². The number of hydrogen-bond acceptors (Lipinski definition) is 6. The van der Waals surface area contributed by atoms with E-state index in [9.17, 15) is 4.79 Å². The Morgan fingerprint density at radius 3 is 1.35 bits per heavy atom. The predicted octanol–water partition coefficient (Wildman–Crippen LogP) is 7.88. The molecule has 0 amide bonds. The van der Waals surface area contributed by atoms with Crippen LogP contribution in [0.4, 0.5) is 0 Å². The van der Waals surface area contributed by atoms with E-state index in [0.29, 0.717) is 0 Å². The highest BCUT2D eigenvalue weighted by atomic mass is 28.5. The van der Waals surface area contributed by atoms with Gasteiger partial charge in [0.15, 0.2) is 16.6 Å². The zero-order valence-corrected chi connectivity index (χ0v) is 29.7. The van der Waals surface area contributed by atoms with Gasteiger partial charge in [-0.05, 0) is 78.4 Å². The highest BCUT2D eigenvalue weighted by Crippen LogP contribution is 2.37. The van der Waals surface area contributed by atoms with Crippen molar-refractivity contribution in [2.45, 2.75) is 136 Å². The summed E-state index contributed by atoms with van der Waals surface area (Å²) in [4.78, 5) is 13.1. The molecule has 11 heteroatoms. The van der Waals surface area contributed by atoms with Crippen molar-refractivity contribution < 1.29 is 26.0 Å². The lowest BCUT2D eigenvalue weighted by molar-refractivity contribution is -0.141. The van der Waals surface area contributed by atoms with Crippen LogP contribution < -0.4 is 0 Å². The van der Waals surface area contributed by atoms with Crippen molar-refractivity contribution >= 4 is 48.3 Å². The molecule has 0 aromatic carbocycles. The second kappa shape index (κ2) is 14.4. The van der Waals surface area contributed by atoms with Gasteiger partial charge in [-0.3, -0.25) is 4.79 Å². The molecule has 1 atom stereocenters. The zero-order valence-electron chi connectivity index (χ0n) is 24.7. The maximum absolute atomic E-state index is 13.1. The number of hydrogen-bond donors (Lipinski definition) is 0. The van der Waals surface area contributed by atoms with Crippen LogP contribution in [0.25, 0.3) is 0 Å². The number of ether oxygens (including phenoxy) is 1. The number of rotatable bonds is 18. The molecule has 0 spiro atoms. The Bertz CT molecular complexity index is 572. The smallest absolute Gasteiger partial charge is 0.331 e. The van der Waals surface area contributed by atoms with Gasteiger partial charge in [0.25, 0.3) is 0 Å². The summed E-state index contributed by atoms with van der Waals surface area (Å²) in [7, 11) is -10.4. The van der Waals surface area contributed by atoms with E-state index in [4.69, 9.17) is 21.2 Å². The molecule has 0 saturated carbocycles. The molecule has 0 aromatic heterocycles. The summed E-state index contributed by atoms with van der Waals surface area (Å²) in [6.45, 7) is 25.6. The van der Waals surface area contributed by atoms with Crippen molar-refractivity contribution in [3.63, 3.8) is 0 Å². The minimum atomic E-state index is -3.07. The Hall–Kier alpha value is 0.394. The van der Waals surface area contributed by atoms with E-state index in [-0.39, 0.29) is 5.97 Å². The minimum absolute atomic E-state index is 0.226. The fourth-order valence-electron chi connectivity index (χ4n) is 4.70. The molecule has 0 aliphatic heterocycles. The number of unbranched alkanes of at least 4 members (excludes halogenated alkanes) is 6. The molecule has 0 saturated heterocycles. The van der Waals surface area contributed by atoms with Gasteiger partial charge in [-0.1, -0.05) is 51.9 Å². The molecule has 6 nitrogen and oxygen atoms in total. The SMILES string of the molecule is CCCCCCCCCC(C(=O)OC)[Si](C)(O[Si](C)(C)O[Si](C)(C)C)O[Si](C)(C)O[Si](C)(C)C. The van der Waals surface area contributed by atoms with Gasteiger partial charge in [-0.2, -0.15) is 0 Å². The molecule has 0 N–H and O–H groups in total. The fourth-order valence-corrected chi connectivity index (χ4v) is 28.3. The Balaban J connectivity index is 5.85. The maximum Gasteiger partial charge on any atom is 0.331 e. The van der Waals surface area contributed by atoms with E-state index in [2.05, 4.69) is 72.4 Å². The molecule has 34 heavy (non-hydrogen) atoms. The van der Waals surface area contributed by atoms with E-state index >= 15 is 0 Å². The van der Waals surface area contributed by atoms with Crippen LogP contribution in [0.2, 0.25) is 77.6 Å². The molecule has 0 radical (unpaired) electrons. The third kappa shape index (κ3) is 15.5. The summed E-state index contributed by atoms with van der Waals surface area (Å²) < 4.78 is 32.1. The first-order valence-corrected chi connectivity index (χ1v) is 28.0. The lowest BCUT2D eigenvalue weighted by atomic mass is 10.1. The van der Waals surface area contributed by atoms with E-state index in [0.717, 1.165) is 19.3 Å². The van der Waals surface area contributed by atoms with Gasteiger partial charge >= 0.3 is 31.7 Å². The van der Waals surface area contributed by atoms with Crippen LogP contribution >= 0.6 is 0 Å². The largest absolute Gasteiger partial charge is 0.469 e. The van der Waals surface area contributed by atoms with Crippen molar-refractivity contribution in [3.8, 4) is 0 Å². The van der Waals surface area contributed by atoms with Gasteiger partial charge in [0.2, 0.25) is 0 Å². The van der Waals surface area contributed by atoms with E-state index in [1.807, 2.05) is 6.55 Å². The Kier molecular flexibility index (Phi) is 14.5. The highest BCUT2D eigenvalue weighted by molar-refractivity contribution is 6.91. The quantitative estimate of drug-likeness (QED) is 0.0952. The molecule has 0 rings (SSSR count). The number of carbonyl (C=O) groups is 1. The first-order chi connectivity index (χ1) is 15.3. The Labute approximate surface area is 216 Å². The topological polar surface area (TPSA) is 63.2 Å². The zero-order chi connectivity index (χ0) is 26.8. The Morgan fingerprint density at radius 2 is 1.00 bits per heavy atom. The van der Waals surface area contributed by atoms with E-state index < -0.39 is 47.9 Å². The van der Waals surface area contributed by atoms with Crippen molar-refractivity contribution in [3.05, 3.63) is 0 Å². The van der Waals surface area contributed by atoms with E-state index in [1.165, 1.54) is 39.2 Å². The van der Waals surface area contributed by atoms with Crippen LogP contribution in [-0.2, 0) is 26.0 Å². The van der Waals surface area contributed by atoms with Crippen molar-refractivity contribution in [2.75, 3.05) is 7.11 Å². The predicted molar refractivity (Wildman–Crippen MR) is 156 cm³/mol. The van der Waals surface area contributed by atoms with Crippen LogP contribution in [0.1, 0.15) is 58.3 Å². The average molecular weight is 569 g/mol. The fraction of sp³-hybridized carbons (Fsp3) is 0.957. The molecule has 0 aliphatic carbocycles. The van der Waals surface area contributed by atoms with Gasteiger partial charge < -0.3 is 21.2 Å². The normalized spacial score (nSPS) is 14.9. The van der Waals surface area contributed by atoms with Crippen molar-refractivity contribution in [1.29, 1.82) is 0 Å². The standard InChI is InChI=1S/C23H56O6Si5/c1-14-15-16-17-18-19-20-21-22(23(24)25-2)34(13,28-32(9,10)26-30(3,4)5)29-33(11,12)27-31(6,7)8/h22H,14-21H2,1-13H3. The lowest BCUT2D eigenvalue weighted by Crippen LogP contribution is -2.62. The number of methoxy groups -OCH3 is 1. The number of esters is 1. The summed E-state index contributed by atoms with van der Waals surface area (Å²) >= 11 is 0. The summed E-state index contributed by atoms with van der Waals surface area (Å²) in [5.41, 5.74) is -0.401. The van der Waals surface area contributed by atoms with Crippen molar-refractivity contribution in [2.24, 2.45) is 0 Å². The maximum atomic E-state index is 13.1. The number of carbonyl (C=O) groups excluding carboxylic acids is 1. The van der Waals surface area contributed by atoms with Crippen LogP contribution in [0.5, 0.6) is 0 Å². The van der Waals surface area contributed by atoms with Crippen LogP contribution in [0, 0.1) is 0 Å². The molecule has 0 aromatic rings. The first-order valence-electron chi connectivity index (χ1n) is 13.1. The van der Waals surface area contributed by atoms with Gasteiger partial charge in [0.05, 0.1) is 12.7 Å². The molecule has 0 fully saturated rings. The minimum Gasteiger partial charge on any atom is -0.469 e. The average Bonchev–Trinajstić information content (AvgIpc) is 2.57. The Morgan fingerprint density at radius 1 is 0.618 bits per heavy atom. The molecule has 0 aliphatic rings. The third-order valence-electron chi connectivity index (χ3n) is 5.22. The third-order valence-corrected chi connectivity index (χ3v) is 23.0. The first kappa shape index (κ1) is 34.4. The molecule has 0 heterocycles. The molecular weight excluding hydrogens is 513 g/mol. The van der Waals surface area contributed by atoms with Crippen LogP contribution in [0.3, 0.4) is 0 Å². The monoisotopic (exact) mass is 568 g/mol. The van der Waals surface area contributed by atoms with Gasteiger partial charge in [0, 0.05) is 0 Å². The summed E-state index contributed by atoms with van der Waals surface area (Å²) in [6, 6.07) is 0. The summed E-state index contributed by atoms with van der Waals surface area (Å²) in [5.74, 6) is -0.226. The van der Waals surface area contributed by atoms with Crippen LogP contribution in [0.15, 0.2) is 0 Å². The lowest BCUT2D eigenvalue weighted by Gasteiger charge is -2.45. The van der Waals surface area contributed by atoms with E-state index in [1.54, 1.807) is 0 Å². The van der Waals surface area contributed by atoms with Crippen LogP contribution in [-0.4, -0.2) is 55.4 Å². The molecule has 0 bridgehead atoms. The van der Waals surface area contributed by atoms with Crippen molar-refractivity contribution in [1.82, 2.24) is 0 Å². The van der Waals surface area contributed by atoms with Gasteiger partial charge in [-0.25, -0.2) is 0 Å². The second-order valence-corrected chi connectivity index (χ2v) is 32.5.